The molecule has 0 amide bonds. The largest absolute Gasteiger partial charge is 0.310 e. The predicted molar refractivity (Wildman–Crippen MR) is 80.5 cm³/mol. The lowest BCUT2D eigenvalue weighted by molar-refractivity contribution is 0.598. The van der Waals surface area contributed by atoms with Gasteiger partial charge in [-0.2, -0.15) is 5.10 Å². The Balaban J connectivity index is 2.36. The van der Waals surface area contributed by atoms with E-state index in [-0.39, 0.29) is 6.04 Å². The quantitative estimate of drug-likeness (QED) is 0.923. The van der Waals surface area contributed by atoms with Gasteiger partial charge in [0.05, 0.1) is 6.20 Å². The molecule has 4 heteroatoms. The van der Waals surface area contributed by atoms with Crippen molar-refractivity contribution in [3.8, 4) is 11.1 Å². The van der Waals surface area contributed by atoms with Gasteiger partial charge in [-0.3, -0.25) is 4.68 Å². The van der Waals surface area contributed by atoms with Crippen LogP contribution in [0, 0.1) is 6.92 Å². The summed E-state index contributed by atoms with van der Waals surface area (Å²) in [5.41, 5.74) is 4.52. The van der Waals surface area contributed by atoms with Crippen molar-refractivity contribution in [3.05, 3.63) is 40.7 Å². The van der Waals surface area contributed by atoms with Crippen LogP contribution in [0.3, 0.4) is 0 Å². The van der Waals surface area contributed by atoms with Gasteiger partial charge in [-0.15, -0.1) is 0 Å². The van der Waals surface area contributed by atoms with E-state index < -0.39 is 0 Å². The Hall–Kier alpha value is -1.32. The van der Waals surface area contributed by atoms with Gasteiger partial charge in [0.25, 0.3) is 0 Å². The average molecular weight is 278 g/mol. The molecule has 0 aliphatic carbocycles. The molecule has 0 saturated carbocycles. The zero-order chi connectivity index (χ0) is 14.0. The molecule has 1 aromatic heterocycles. The van der Waals surface area contributed by atoms with Gasteiger partial charge < -0.3 is 5.32 Å². The number of nitrogens with zero attached hydrogens (tertiary/aromatic N) is 2. The second kappa shape index (κ2) is 5.76. The fourth-order valence-corrected chi connectivity index (χ4v) is 2.59. The first-order chi connectivity index (χ1) is 9.04. The van der Waals surface area contributed by atoms with E-state index in [4.69, 9.17) is 11.6 Å². The number of hydrogen-bond acceptors (Lipinski definition) is 2. The molecule has 2 aromatic rings. The van der Waals surface area contributed by atoms with E-state index >= 15 is 0 Å². The van der Waals surface area contributed by atoms with Crippen molar-refractivity contribution in [1.29, 1.82) is 0 Å². The molecule has 19 heavy (non-hydrogen) atoms. The topological polar surface area (TPSA) is 29.9 Å². The number of aromatic nitrogens is 2. The molecule has 0 radical (unpaired) electrons. The first-order valence-corrected chi connectivity index (χ1v) is 6.94. The van der Waals surface area contributed by atoms with Gasteiger partial charge in [-0.1, -0.05) is 30.7 Å². The lowest BCUT2D eigenvalue weighted by Crippen LogP contribution is -2.17. The van der Waals surface area contributed by atoms with E-state index in [1.807, 2.05) is 24.0 Å². The van der Waals surface area contributed by atoms with Crippen LogP contribution in [0.1, 0.15) is 31.1 Å². The number of halogens is 1. The van der Waals surface area contributed by atoms with Crippen molar-refractivity contribution in [1.82, 2.24) is 15.1 Å². The minimum absolute atomic E-state index is 0.265. The van der Waals surface area contributed by atoms with Crippen LogP contribution < -0.4 is 5.32 Å². The normalized spacial score (nSPS) is 12.7. The lowest BCUT2D eigenvalue weighted by Gasteiger charge is -2.15. The Morgan fingerprint density at radius 3 is 2.68 bits per heavy atom. The number of nitrogens with one attached hydrogen (secondary N) is 1. The summed E-state index contributed by atoms with van der Waals surface area (Å²) in [5, 5.41) is 8.45. The van der Waals surface area contributed by atoms with E-state index in [1.165, 1.54) is 0 Å². The molecule has 3 nitrogen and oxygen atoms in total. The van der Waals surface area contributed by atoms with Gasteiger partial charge in [-0.05, 0) is 37.6 Å². The van der Waals surface area contributed by atoms with Gasteiger partial charge in [0.1, 0.15) is 0 Å². The van der Waals surface area contributed by atoms with Gasteiger partial charge >= 0.3 is 0 Å². The van der Waals surface area contributed by atoms with Crippen LogP contribution in [-0.4, -0.2) is 16.3 Å². The van der Waals surface area contributed by atoms with Crippen molar-refractivity contribution in [3.63, 3.8) is 0 Å². The van der Waals surface area contributed by atoms with Crippen LogP contribution in [0.4, 0.5) is 0 Å². The van der Waals surface area contributed by atoms with Crippen LogP contribution >= 0.6 is 11.6 Å². The molecule has 0 bridgehead atoms. The van der Waals surface area contributed by atoms with E-state index in [9.17, 15) is 0 Å². The van der Waals surface area contributed by atoms with Crippen molar-refractivity contribution in [2.45, 2.75) is 26.8 Å². The first-order valence-electron chi connectivity index (χ1n) is 6.56. The second-order valence-electron chi connectivity index (χ2n) is 4.78. The van der Waals surface area contributed by atoms with E-state index in [1.54, 1.807) is 0 Å². The third-order valence-electron chi connectivity index (χ3n) is 3.52. The number of rotatable bonds is 4. The summed E-state index contributed by atoms with van der Waals surface area (Å²) in [6.07, 6.45) is 1.88. The molecule has 0 aliphatic heterocycles. The molecule has 0 spiro atoms. The molecule has 2 rings (SSSR count). The number of hydrogen-bond donors (Lipinski definition) is 1. The summed E-state index contributed by atoms with van der Waals surface area (Å²) >= 11 is 6.40. The third kappa shape index (κ3) is 2.82. The summed E-state index contributed by atoms with van der Waals surface area (Å²) in [6.45, 7) is 7.21. The average Bonchev–Trinajstić information content (AvgIpc) is 2.70. The maximum absolute atomic E-state index is 6.40. The molecule has 0 saturated heterocycles. The molecule has 1 heterocycles. The van der Waals surface area contributed by atoms with E-state index in [0.717, 1.165) is 34.0 Å². The minimum Gasteiger partial charge on any atom is -0.310 e. The van der Waals surface area contributed by atoms with Gasteiger partial charge in [0.2, 0.25) is 0 Å². The zero-order valence-electron chi connectivity index (χ0n) is 11.9. The molecule has 1 aromatic carbocycles. The molecule has 0 aliphatic rings. The standard InChI is InChI=1S/C15H20ClN3/c1-5-17-10(2)13-7-6-12(8-15(13)16)14-9-18-19(4)11(14)3/h6-10,17H,5H2,1-4H3. The minimum atomic E-state index is 0.265. The SMILES string of the molecule is CCNC(C)c1ccc(-c2cnn(C)c2C)cc1Cl. The van der Waals surface area contributed by atoms with Crippen LogP contribution in [0.15, 0.2) is 24.4 Å². The smallest absolute Gasteiger partial charge is 0.0571 e. The summed E-state index contributed by atoms with van der Waals surface area (Å²) < 4.78 is 1.87. The summed E-state index contributed by atoms with van der Waals surface area (Å²) in [4.78, 5) is 0. The Morgan fingerprint density at radius 2 is 2.16 bits per heavy atom. The highest BCUT2D eigenvalue weighted by Gasteiger charge is 2.12. The van der Waals surface area contributed by atoms with Crippen molar-refractivity contribution >= 4 is 11.6 Å². The first kappa shape index (κ1) is 14.1. The number of benzene rings is 1. The van der Waals surface area contributed by atoms with Crippen molar-refractivity contribution in [2.75, 3.05) is 6.54 Å². The van der Waals surface area contributed by atoms with Crippen LogP contribution in [0.5, 0.6) is 0 Å². The summed E-state index contributed by atoms with van der Waals surface area (Å²) in [7, 11) is 1.95. The Kier molecular flexibility index (Phi) is 4.27. The lowest BCUT2D eigenvalue weighted by atomic mass is 10.0. The Bertz CT molecular complexity index is 575. The zero-order valence-corrected chi connectivity index (χ0v) is 12.6. The van der Waals surface area contributed by atoms with Crippen molar-refractivity contribution in [2.24, 2.45) is 7.05 Å². The third-order valence-corrected chi connectivity index (χ3v) is 3.85. The highest BCUT2D eigenvalue weighted by Crippen LogP contribution is 2.30. The summed E-state index contributed by atoms with van der Waals surface area (Å²) in [5.74, 6) is 0. The Labute approximate surface area is 119 Å². The van der Waals surface area contributed by atoms with Crippen LogP contribution in [0.25, 0.3) is 11.1 Å². The molecule has 1 N–H and O–H groups in total. The highest BCUT2D eigenvalue weighted by molar-refractivity contribution is 6.31. The van der Waals surface area contributed by atoms with Gasteiger partial charge in [0, 0.05) is 29.4 Å². The maximum atomic E-state index is 6.40. The van der Waals surface area contributed by atoms with Gasteiger partial charge in [-0.25, -0.2) is 0 Å². The molecule has 0 fully saturated rings. The highest BCUT2D eigenvalue weighted by atomic mass is 35.5. The van der Waals surface area contributed by atoms with Crippen LogP contribution in [-0.2, 0) is 7.05 Å². The fourth-order valence-electron chi connectivity index (χ4n) is 2.24. The summed E-state index contributed by atoms with van der Waals surface area (Å²) in [6, 6.07) is 6.49. The molecule has 102 valence electrons. The molecule has 1 unspecified atom stereocenters. The molecule has 1 atom stereocenters. The van der Waals surface area contributed by atoms with E-state index in [2.05, 4.69) is 43.3 Å². The fraction of sp³-hybridized carbons (Fsp3) is 0.400. The predicted octanol–water partition coefficient (Wildman–Crippen LogP) is 3.72. The second-order valence-corrected chi connectivity index (χ2v) is 5.19. The van der Waals surface area contributed by atoms with Crippen LogP contribution in [0.2, 0.25) is 5.02 Å². The molecular weight excluding hydrogens is 258 g/mol. The number of aryl methyl sites for hydroxylation is 1. The van der Waals surface area contributed by atoms with E-state index in [0.29, 0.717) is 0 Å². The van der Waals surface area contributed by atoms with Crippen molar-refractivity contribution < 1.29 is 0 Å². The Morgan fingerprint density at radius 1 is 1.42 bits per heavy atom. The monoisotopic (exact) mass is 277 g/mol. The molecular formula is C15H20ClN3. The van der Waals surface area contributed by atoms with Gasteiger partial charge in [0.15, 0.2) is 0 Å². The maximum Gasteiger partial charge on any atom is 0.0571 e.